The van der Waals surface area contributed by atoms with E-state index < -0.39 is 0 Å². The van der Waals surface area contributed by atoms with E-state index in [-0.39, 0.29) is 17.7 Å². The molecule has 0 radical (unpaired) electrons. The molecule has 2 aromatic rings. The SMILES string of the molecule is C=CCN1C(=O)S/C(=C/c2ccc(OCc3cccc(C)c3)c(I)c2)C1=O. The largest absolute Gasteiger partial charge is 0.488 e. The van der Waals surface area contributed by atoms with Gasteiger partial charge >= 0.3 is 0 Å². The van der Waals surface area contributed by atoms with Gasteiger partial charge in [0.25, 0.3) is 11.1 Å². The zero-order valence-corrected chi connectivity index (χ0v) is 17.7. The molecule has 0 unspecified atom stereocenters. The summed E-state index contributed by atoms with van der Waals surface area (Å²) in [6.45, 7) is 6.36. The third kappa shape index (κ3) is 4.81. The van der Waals surface area contributed by atoms with E-state index in [0.29, 0.717) is 11.5 Å². The van der Waals surface area contributed by atoms with Gasteiger partial charge in [-0.2, -0.15) is 0 Å². The van der Waals surface area contributed by atoms with Crippen molar-refractivity contribution in [3.8, 4) is 5.75 Å². The summed E-state index contributed by atoms with van der Waals surface area (Å²) in [4.78, 5) is 25.8. The molecule has 1 aliphatic rings. The summed E-state index contributed by atoms with van der Waals surface area (Å²) >= 11 is 3.16. The molecule has 6 heteroatoms. The smallest absolute Gasteiger partial charge is 0.293 e. The van der Waals surface area contributed by atoms with Gasteiger partial charge in [0.15, 0.2) is 0 Å². The van der Waals surface area contributed by atoms with Crippen molar-refractivity contribution in [2.75, 3.05) is 6.54 Å². The fourth-order valence-electron chi connectivity index (χ4n) is 2.62. The monoisotopic (exact) mass is 491 g/mol. The number of rotatable bonds is 6. The summed E-state index contributed by atoms with van der Waals surface area (Å²) in [5, 5.41) is -0.265. The predicted octanol–water partition coefficient (Wildman–Crippen LogP) is 5.40. The van der Waals surface area contributed by atoms with Gasteiger partial charge in [-0.15, -0.1) is 6.58 Å². The molecule has 1 heterocycles. The van der Waals surface area contributed by atoms with Crippen LogP contribution in [0.5, 0.6) is 5.75 Å². The molecule has 4 nitrogen and oxygen atoms in total. The first-order valence-corrected chi connectivity index (χ1v) is 10.2. The number of amides is 2. The first-order valence-electron chi connectivity index (χ1n) is 8.32. The number of halogens is 1. The maximum atomic E-state index is 12.3. The number of aryl methyl sites for hydroxylation is 1. The molecule has 0 N–H and O–H groups in total. The molecule has 0 saturated carbocycles. The number of hydrogen-bond acceptors (Lipinski definition) is 4. The minimum atomic E-state index is -0.278. The molecule has 1 fully saturated rings. The normalized spacial score (nSPS) is 15.5. The van der Waals surface area contributed by atoms with Gasteiger partial charge in [0.2, 0.25) is 0 Å². The predicted molar refractivity (Wildman–Crippen MR) is 118 cm³/mol. The number of carbonyl (C=O) groups is 2. The Morgan fingerprint density at radius 3 is 2.74 bits per heavy atom. The number of thioether (sulfide) groups is 1. The maximum absolute atomic E-state index is 12.3. The Bertz CT molecular complexity index is 939. The Kier molecular flexibility index (Phi) is 6.38. The summed E-state index contributed by atoms with van der Waals surface area (Å²) in [5.41, 5.74) is 3.17. The summed E-state index contributed by atoms with van der Waals surface area (Å²) in [6.07, 6.45) is 3.28. The van der Waals surface area contributed by atoms with Crippen molar-refractivity contribution in [1.29, 1.82) is 0 Å². The highest BCUT2D eigenvalue weighted by atomic mass is 127. The Hall–Kier alpha value is -2.06. The first-order chi connectivity index (χ1) is 13.0. The molecule has 3 rings (SSSR count). The van der Waals surface area contributed by atoms with E-state index in [1.807, 2.05) is 30.3 Å². The fourth-order valence-corrected chi connectivity index (χ4v) is 4.17. The third-order valence-electron chi connectivity index (χ3n) is 3.92. The first kappa shape index (κ1) is 19.7. The Morgan fingerprint density at radius 1 is 1.22 bits per heavy atom. The van der Waals surface area contributed by atoms with Gasteiger partial charge in [0.1, 0.15) is 12.4 Å². The minimum Gasteiger partial charge on any atom is -0.488 e. The number of hydrogen-bond donors (Lipinski definition) is 0. The van der Waals surface area contributed by atoms with E-state index in [1.54, 1.807) is 12.2 Å². The topological polar surface area (TPSA) is 46.6 Å². The molecule has 1 saturated heterocycles. The second-order valence-electron chi connectivity index (χ2n) is 6.05. The van der Waals surface area contributed by atoms with E-state index in [2.05, 4.69) is 48.2 Å². The van der Waals surface area contributed by atoms with E-state index in [4.69, 9.17) is 4.74 Å². The number of carbonyl (C=O) groups excluding carboxylic acids is 2. The van der Waals surface area contributed by atoms with Crippen LogP contribution in [-0.2, 0) is 11.4 Å². The average molecular weight is 491 g/mol. The van der Waals surface area contributed by atoms with Crippen molar-refractivity contribution in [2.45, 2.75) is 13.5 Å². The standard InChI is InChI=1S/C21H18INO3S/c1-3-9-23-20(24)19(27-21(23)25)12-15-7-8-18(17(22)11-15)26-13-16-6-4-5-14(2)10-16/h3-8,10-12H,1,9,13H2,2H3/b19-12+. The minimum absolute atomic E-state index is 0.227. The van der Waals surface area contributed by atoms with Gasteiger partial charge in [-0.05, 0) is 70.6 Å². The third-order valence-corrected chi connectivity index (χ3v) is 5.67. The summed E-state index contributed by atoms with van der Waals surface area (Å²) in [6, 6.07) is 13.9. The lowest BCUT2D eigenvalue weighted by molar-refractivity contribution is -0.122. The van der Waals surface area contributed by atoms with Crippen molar-refractivity contribution >= 4 is 51.6 Å². The zero-order valence-electron chi connectivity index (χ0n) is 14.8. The molecule has 2 aromatic carbocycles. The van der Waals surface area contributed by atoms with Crippen LogP contribution in [0.3, 0.4) is 0 Å². The van der Waals surface area contributed by atoms with Crippen LogP contribution in [0.4, 0.5) is 4.79 Å². The van der Waals surface area contributed by atoms with Crippen molar-refractivity contribution < 1.29 is 14.3 Å². The van der Waals surface area contributed by atoms with Crippen LogP contribution in [0.1, 0.15) is 16.7 Å². The van der Waals surface area contributed by atoms with Crippen LogP contribution < -0.4 is 4.74 Å². The van der Waals surface area contributed by atoms with E-state index in [1.165, 1.54) is 10.5 Å². The van der Waals surface area contributed by atoms with Crippen LogP contribution in [0.25, 0.3) is 6.08 Å². The number of nitrogens with zero attached hydrogens (tertiary/aromatic N) is 1. The van der Waals surface area contributed by atoms with Gasteiger partial charge in [-0.3, -0.25) is 14.5 Å². The van der Waals surface area contributed by atoms with Gasteiger partial charge < -0.3 is 4.74 Å². The lowest BCUT2D eigenvalue weighted by atomic mass is 10.1. The molecule has 27 heavy (non-hydrogen) atoms. The van der Waals surface area contributed by atoms with Crippen molar-refractivity contribution in [3.05, 3.63) is 80.3 Å². The van der Waals surface area contributed by atoms with Gasteiger partial charge in [-0.1, -0.05) is 42.0 Å². The molecule has 1 aliphatic heterocycles. The van der Waals surface area contributed by atoms with Crippen LogP contribution in [0, 0.1) is 10.5 Å². The van der Waals surface area contributed by atoms with Crippen LogP contribution in [0.2, 0.25) is 0 Å². The highest BCUT2D eigenvalue weighted by Gasteiger charge is 2.34. The molecule has 138 valence electrons. The summed E-state index contributed by atoms with van der Waals surface area (Å²) in [7, 11) is 0. The van der Waals surface area contributed by atoms with Crippen molar-refractivity contribution in [1.82, 2.24) is 4.90 Å². The Labute approximate surface area is 176 Å². The summed E-state index contributed by atoms with van der Waals surface area (Å²) < 4.78 is 6.86. The maximum Gasteiger partial charge on any atom is 0.293 e. The van der Waals surface area contributed by atoms with Gasteiger partial charge in [0, 0.05) is 6.54 Å². The molecule has 0 aromatic heterocycles. The quantitative estimate of drug-likeness (QED) is 0.309. The Morgan fingerprint density at radius 2 is 2.04 bits per heavy atom. The lowest BCUT2D eigenvalue weighted by Crippen LogP contribution is -2.27. The Balaban J connectivity index is 1.72. The van der Waals surface area contributed by atoms with Gasteiger partial charge in [0.05, 0.1) is 8.48 Å². The van der Waals surface area contributed by atoms with E-state index in [9.17, 15) is 9.59 Å². The van der Waals surface area contributed by atoms with Crippen LogP contribution in [0.15, 0.2) is 60.0 Å². The molecule has 0 atom stereocenters. The lowest BCUT2D eigenvalue weighted by Gasteiger charge is -2.10. The second kappa shape index (κ2) is 8.75. The number of benzene rings is 2. The molecular weight excluding hydrogens is 473 g/mol. The van der Waals surface area contributed by atoms with Crippen LogP contribution in [-0.4, -0.2) is 22.6 Å². The molecule has 0 bridgehead atoms. The number of ether oxygens (including phenoxy) is 1. The fraction of sp³-hybridized carbons (Fsp3) is 0.143. The van der Waals surface area contributed by atoms with E-state index in [0.717, 1.165) is 32.2 Å². The molecule has 0 spiro atoms. The zero-order chi connectivity index (χ0) is 19.4. The highest BCUT2D eigenvalue weighted by Crippen LogP contribution is 2.33. The summed E-state index contributed by atoms with van der Waals surface area (Å²) in [5.74, 6) is 0.508. The average Bonchev–Trinajstić information content (AvgIpc) is 2.89. The molecule has 2 amide bonds. The molecular formula is C21H18INO3S. The van der Waals surface area contributed by atoms with Crippen LogP contribution >= 0.6 is 34.4 Å². The number of imide groups is 1. The molecule has 0 aliphatic carbocycles. The second-order valence-corrected chi connectivity index (χ2v) is 8.20. The van der Waals surface area contributed by atoms with E-state index >= 15 is 0 Å². The van der Waals surface area contributed by atoms with Crippen molar-refractivity contribution in [2.24, 2.45) is 0 Å². The highest BCUT2D eigenvalue weighted by molar-refractivity contribution is 14.1. The van der Waals surface area contributed by atoms with Gasteiger partial charge in [-0.25, -0.2) is 0 Å². The van der Waals surface area contributed by atoms with Crippen molar-refractivity contribution in [3.63, 3.8) is 0 Å².